The zero-order valence-electron chi connectivity index (χ0n) is 15.4. The average Bonchev–Trinajstić information content (AvgIpc) is 3.16. The van der Waals surface area contributed by atoms with Gasteiger partial charge in [0.25, 0.3) is 0 Å². The van der Waals surface area contributed by atoms with E-state index in [2.05, 4.69) is 19.6 Å². The largest absolute Gasteiger partial charge is 0.465 e. The van der Waals surface area contributed by atoms with Gasteiger partial charge in [-0.1, -0.05) is 47.1 Å². The highest BCUT2D eigenvalue weighted by Crippen LogP contribution is 2.16. The molecule has 0 aliphatic carbocycles. The molecular weight excluding hydrogens is 382 g/mol. The third kappa shape index (κ3) is 5.02. The van der Waals surface area contributed by atoms with Crippen LogP contribution in [0.1, 0.15) is 27.4 Å². The van der Waals surface area contributed by atoms with Gasteiger partial charge in [-0.25, -0.2) is 17.9 Å². The number of carbonyl (C=O) groups excluding carboxylic acids is 1. The van der Waals surface area contributed by atoms with Gasteiger partial charge >= 0.3 is 5.97 Å². The van der Waals surface area contributed by atoms with Crippen LogP contribution < -0.4 is 4.72 Å². The number of ether oxygens (including phenoxy) is 1. The van der Waals surface area contributed by atoms with Gasteiger partial charge in [-0.3, -0.25) is 0 Å². The van der Waals surface area contributed by atoms with Crippen LogP contribution in [0.4, 0.5) is 0 Å². The van der Waals surface area contributed by atoms with E-state index in [0.717, 1.165) is 11.1 Å². The fraction of sp³-hybridized carbons (Fsp3) is 0.211. The van der Waals surface area contributed by atoms with Gasteiger partial charge in [-0.2, -0.15) is 4.98 Å². The van der Waals surface area contributed by atoms with E-state index in [0.29, 0.717) is 17.0 Å². The molecule has 0 saturated heterocycles. The Labute approximate surface area is 162 Å². The quantitative estimate of drug-likeness (QED) is 0.605. The fourth-order valence-electron chi connectivity index (χ4n) is 2.44. The fourth-order valence-corrected chi connectivity index (χ4v) is 3.52. The number of sulfonamides is 1. The molecular formula is C19H19N3O5S. The topological polar surface area (TPSA) is 111 Å². The molecule has 9 heteroatoms. The molecule has 0 aliphatic rings. The maximum absolute atomic E-state index is 12.3. The summed E-state index contributed by atoms with van der Waals surface area (Å²) < 4.78 is 36.7. The molecule has 0 spiro atoms. The van der Waals surface area contributed by atoms with Crippen LogP contribution in [0.25, 0.3) is 11.4 Å². The molecule has 0 saturated carbocycles. The predicted molar refractivity (Wildman–Crippen MR) is 102 cm³/mol. The van der Waals surface area contributed by atoms with E-state index >= 15 is 0 Å². The molecule has 3 aromatic rings. The zero-order chi connectivity index (χ0) is 20.1. The van der Waals surface area contributed by atoms with Crippen molar-refractivity contribution >= 4 is 16.0 Å². The van der Waals surface area contributed by atoms with Gasteiger partial charge < -0.3 is 9.26 Å². The Morgan fingerprint density at radius 1 is 1.11 bits per heavy atom. The van der Waals surface area contributed by atoms with E-state index in [1.54, 1.807) is 12.1 Å². The number of nitrogens with one attached hydrogen (secondary N) is 1. The number of benzene rings is 2. The number of aromatic nitrogens is 2. The summed E-state index contributed by atoms with van der Waals surface area (Å²) in [4.78, 5) is 15.6. The van der Waals surface area contributed by atoms with Gasteiger partial charge in [0.05, 0.1) is 25.0 Å². The molecule has 0 unspecified atom stereocenters. The van der Waals surface area contributed by atoms with E-state index in [4.69, 9.17) is 4.52 Å². The highest BCUT2D eigenvalue weighted by atomic mass is 32.2. The Morgan fingerprint density at radius 3 is 2.43 bits per heavy atom. The first-order chi connectivity index (χ1) is 13.4. The molecule has 1 heterocycles. The van der Waals surface area contributed by atoms with Gasteiger partial charge in [-0.05, 0) is 24.6 Å². The summed E-state index contributed by atoms with van der Waals surface area (Å²) >= 11 is 0. The summed E-state index contributed by atoms with van der Waals surface area (Å²) in [5.74, 6) is -0.158. The van der Waals surface area contributed by atoms with Crippen LogP contribution >= 0.6 is 0 Å². The number of rotatable bonds is 7. The predicted octanol–water partition coefficient (Wildman–Crippen LogP) is 2.45. The van der Waals surface area contributed by atoms with Crippen LogP contribution in [0.3, 0.4) is 0 Å². The second kappa shape index (κ2) is 8.32. The second-order valence-corrected chi connectivity index (χ2v) is 7.95. The van der Waals surface area contributed by atoms with Crippen LogP contribution in [0.15, 0.2) is 53.1 Å². The normalized spacial score (nSPS) is 11.4. The van der Waals surface area contributed by atoms with Crippen molar-refractivity contribution in [2.24, 2.45) is 0 Å². The number of nitrogens with zero attached hydrogens (tertiary/aromatic N) is 2. The second-order valence-electron chi connectivity index (χ2n) is 6.15. The third-order valence-corrected chi connectivity index (χ3v) is 5.25. The standard InChI is InChI=1S/C19H19N3O5S/c1-13-3-7-15(8-4-13)18-21-17(27-22-18)11-20-28(24,25)12-14-5-9-16(10-6-14)19(23)26-2/h3-10,20H,11-12H2,1-2H3. The van der Waals surface area contributed by atoms with Crippen molar-refractivity contribution in [3.8, 4) is 11.4 Å². The molecule has 0 aliphatic heterocycles. The monoisotopic (exact) mass is 401 g/mol. The average molecular weight is 401 g/mol. The van der Waals surface area contributed by atoms with Gasteiger partial charge in [0, 0.05) is 5.56 Å². The van der Waals surface area contributed by atoms with Crippen LogP contribution in [0.2, 0.25) is 0 Å². The molecule has 3 rings (SSSR count). The molecule has 1 N–H and O–H groups in total. The van der Waals surface area contributed by atoms with Crippen LogP contribution in [0, 0.1) is 6.92 Å². The minimum absolute atomic E-state index is 0.110. The maximum atomic E-state index is 12.3. The smallest absolute Gasteiger partial charge is 0.337 e. The molecule has 2 aromatic carbocycles. The SMILES string of the molecule is COC(=O)c1ccc(CS(=O)(=O)NCc2nc(-c3ccc(C)cc3)no2)cc1. The van der Waals surface area contributed by atoms with Crippen molar-refractivity contribution in [3.05, 3.63) is 71.1 Å². The van der Waals surface area contributed by atoms with Crippen molar-refractivity contribution < 1.29 is 22.5 Å². The summed E-state index contributed by atoms with van der Waals surface area (Å²) in [5, 5.41) is 3.87. The summed E-state index contributed by atoms with van der Waals surface area (Å²) in [5.41, 5.74) is 2.78. The molecule has 0 amide bonds. The number of methoxy groups -OCH3 is 1. The zero-order valence-corrected chi connectivity index (χ0v) is 16.2. The first-order valence-corrected chi connectivity index (χ1v) is 10.1. The lowest BCUT2D eigenvalue weighted by molar-refractivity contribution is 0.0600. The molecule has 8 nitrogen and oxygen atoms in total. The molecule has 0 fully saturated rings. The number of hydrogen-bond acceptors (Lipinski definition) is 7. The van der Waals surface area contributed by atoms with E-state index in [-0.39, 0.29) is 18.2 Å². The third-order valence-electron chi connectivity index (χ3n) is 3.95. The van der Waals surface area contributed by atoms with Gasteiger partial charge in [0.1, 0.15) is 0 Å². The van der Waals surface area contributed by atoms with E-state index < -0.39 is 16.0 Å². The number of hydrogen-bond donors (Lipinski definition) is 1. The lowest BCUT2D eigenvalue weighted by atomic mass is 10.1. The van der Waals surface area contributed by atoms with Crippen LogP contribution in [0.5, 0.6) is 0 Å². The Kier molecular flexibility index (Phi) is 5.86. The van der Waals surface area contributed by atoms with Gasteiger partial charge in [0.2, 0.25) is 21.7 Å². The molecule has 1 aromatic heterocycles. The first kappa shape index (κ1) is 19.7. The van der Waals surface area contributed by atoms with E-state index in [1.165, 1.54) is 19.2 Å². The van der Waals surface area contributed by atoms with Crippen molar-refractivity contribution in [2.75, 3.05) is 7.11 Å². The highest BCUT2D eigenvalue weighted by molar-refractivity contribution is 7.88. The van der Waals surface area contributed by atoms with Crippen LogP contribution in [-0.2, 0) is 27.1 Å². The minimum atomic E-state index is -3.63. The molecule has 0 radical (unpaired) electrons. The number of aryl methyl sites for hydroxylation is 1. The van der Waals surface area contributed by atoms with Crippen molar-refractivity contribution in [1.29, 1.82) is 0 Å². The van der Waals surface area contributed by atoms with Crippen molar-refractivity contribution in [2.45, 2.75) is 19.2 Å². The summed E-state index contributed by atoms with van der Waals surface area (Å²) in [6.45, 7) is 1.87. The Morgan fingerprint density at radius 2 is 1.79 bits per heavy atom. The Bertz CT molecular complexity index is 1060. The molecule has 0 atom stereocenters. The number of carbonyl (C=O) groups is 1. The lowest BCUT2D eigenvalue weighted by Gasteiger charge is -2.05. The van der Waals surface area contributed by atoms with Gasteiger partial charge in [-0.15, -0.1) is 0 Å². The van der Waals surface area contributed by atoms with Crippen LogP contribution in [-0.4, -0.2) is 31.6 Å². The molecule has 146 valence electrons. The summed E-state index contributed by atoms with van der Waals surface area (Å²) in [6, 6.07) is 13.8. The van der Waals surface area contributed by atoms with Gasteiger partial charge in [0.15, 0.2) is 0 Å². The minimum Gasteiger partial charge on any atom is -0.465 e. The number of esters is 1. The Balaban J connectivity index is 1.60. The maximum Gasteiger partial charge on any atom is 0.337 e. The highest BCUT2D eigenvalue weighted by Gasteiger charge is 2.15. The summed E-state index contributed by atoms with van der Waals surface area (Å²) in [6.07, 6.45) is 0. The van der Waals surface area contributed by atoms with Crippen molar-refractivity contribution in [3.63, 3.8) is 0 Å². The molecule has 0 bridgehead atoms. The van der Waals surface area contributed by atoms with Crippen molar-refractivity contribution in [1.82, 2.24) is 14.9 Å². The Hall–Kier alpha value is -3.04. The van der Waals surface area contributed by atoms with E-state index in [1.807, 2.05) is 31.2 Å². The van der Waals surface area contributed by atoms with E-state index in [9.17, 15) is 13.2 Å². The molecule has 28 heavy (non-hydrogen) atoms. The summed E-state index contributed by atoms with van der Waals surface area (Å²) in [7, 11) is -2.34. The lowest BCUT2D eigenvalue weighted by Crippen LogP contribution is -2.24. The first-order valence-electron chi connectivity index (χ1n) is 8.40.